The molecule has 0 saturated heterocycles. The largest absolute Gasteiger partial charge is 0.497 e. The normalized spacial score (nSPS) is 34.0. The SMILES string of the molecule is COc1ccc(CO[C@@H]2CC[C@@H](O)[C@@](C)(O)[C@@H]2O)cc1. The van der Waals surface area contributed by atoms with Gasteiger partial charge in [0.05, 0.1) is 25.9 Å². The van der Waals surface area contributed by atoms with Crippen LogP contribution in [0.3, 0.4) is 0 Å². The zero-order valence-electron chi connectivity index (χ0n) is 11.8. The van der Waals surface area contributed by atoms with Gasteiger partial charge in [-0.2, -0.15) is 0 Å². The topological polar surface area (TPSA) is 79.2 Å². The zero-order valence-corrected chi connectivity index (χ0v) is 11.8. The first-order valence-corrected chi connectivity index (χ1v) is 6.78. The van der Waals surface area contributed by atoms with E-state index in [-0.39, 0.29) is 0 Å². The number of ether oxygens (including phenoxy) is 2. The van der Waals surface area contributed by atoms with Gasteiger partial charge in [-0.3, -0.25) is 0 Å². The van der Waals surface area contributed by atoms with E-state index in [0.717, 1.165) is 11.3 Å². The highest BCUT2D eigenvalue weighted by molar-refractivity contribution is 5.26. The van der Waals surface area contributed by atoms with Crippen molar-refractivity contribution in [2.75, 3.05) is 7.11 Å². The molecule has 0 aromatic heterocycles. The summed E-state index contributed by atoms with van der Waals surface area (Å²) in [5.74, 6) is 0.775. The Morgan fingerprint density at radius 3 is 2.45 bits per heavy atom. The summed E-state index contributed by atoms with van der Waals surface area (Å²) in [7, 11) is 1.61. The molecule has 0 heterocycles. The Bertz CT molecular complexity index is 428. The summed E-state index contributed by atoms with van der Waals surface area (Å²) in [6.07, 6.45) is -1.55. The van der Waals surface area contributed by atoms with E-state index in [1.54, 1.807) is 7.11 Å². The van der Waals surface area contributed by atoms with E-state index in [9.17, 15) is 15.3 Å². The fraction of sp³-hybridized carbons (Fsp3) is 0.600. The summed E-state index contributed by atoms with van der Waals surface area (Å²) in [6, 6.07) is 7.47. The minimum absolute atomic E-state index is 0.345. The third-order valence-corrected chi connectivity index (χ3v) is 3.97. The second-order valence-electron chi connectivity index (χ2n) is 5.46. The van der Waals surface area contributed by atoms with Crippen LogP contribution in [0.2, 0.25) is 0 Å². The number of methoxy groups -OCH3 is 1. The summed E-state index contributed by atoms with van der Waals surface area (Å²) in [6.45, 7) is 1.78. The number of rotatable bonds is 4. The smallest absolute Gasteiger partial charge is 0.118 e. The maximum absolute atomic E-state index is 10.1. The van der Waals surface area contributed by atoms with Crippen LogP contribution in [0, 0.1) is 0 Å². The fourth-order valence-corrected chi connectivity index (χ4v) is 2.45. The number of aliphatic hydroxyl groups excluding tert-OH is 2. The van der Waals surface area contributed by atoms with Crippen molar-refractivity contribution < 1.29 is 24.8 Å². The van der Waals surface area contributed by atoms with Crippen molar-refractivity contribution in [2.45, 2.75) is 50.3 Å². The second kappa shape index (κ2) is 6.10. The molecule has 4 atom stereocenters. The third kappa shape index (κ3) is 3.12. The maximum atomic E-state index is 10.1. The van der Waals surface area contributed by atoms with Gasteiger partial charge in [0, 0.05) is 0 Å². The molecule has 0 aliphatic heterocycles. The Hall–Kier alpha value is -1.14. The summed E-state index contributed by atoms with van der Waals surface area (Å²) in [5.41, 5.74) is -0.563. The lowest BCUT2D eigenvalue weighted by Gasteiger charge is -2.42. The monoisotopic (exact) mass is 282 g/mol. The van der Waals surface area contributed by atoms with E-state index in [0.29, 0.717) is 19.4 Å². The molecular formula is C15H22O5. The molecule has 0 bridgehead atoms. The molecule has 20 heavy (non-hydrogen) atoms. The van der Waals surface area contributed by atoms with Crippen LogP contribution in [0.15, 0.2) is 24.3 Å². The van der Waals surface area contributed by atoms with Crippen LogP contribution in [0.5, 0.6) is 5.75 Å². The minimum atomic E-state index is -1.52. The molecule has 0 radical (unpaired) electrons. The fourth-order valence-electron chi connectivity index (χ4n) is 2.45. The molecule has 2 rings (SSSR count). The van der Waals surface area contributed by atoms with Gasteiger partial charge in [0.25, 0.3) is 0 Å². The Kier molecular flexibility index (Phi) is 4.65. The van der Waals surface area contributed by atoms with Crippen molar-refractivity contribution in [3.05, 3.63) is 29.8 Å². The standard InChI is InChI=1S/C15H22O5/c1-15(18)13(16)8-7-12(14(15)17)20-9-10-3-5-11(19-2)6-4-10/h3-6,12-14,16-18H,7-9H2,1-2H3/t12-,13-,14-,15-/m1/s1. The zero-order chi connectivity index (χ0) is 14.8. The van der Waals surface area contributed by atoms with E-state index in [1.165, 1.54) is 6.92 Å². The molecular weight excluding hydrogens is 260 g/mol. The molecule has 0 unspecified atom stereocenters. The van der Waals surface area contributed by atoms with Gasteiger partial charge in [-0.25, -0.2) is 0 Å². The first-order valence-electron chi connectivity index (χ1n) is 6.78. The predicted molar refractivity (Wildman–Crippen MR) is 73.4 cm³/mol. The van der Waals surface area contributed by atoms with Gasteiger partial charge in [0.1, 0.15) is 17.5 Å². The summed E-state index contributed by atoms with van der Waals surface area (Å²) in [5, 5.41) is 29.8. The number of aliphatic hydroxyl groups is 3. The van der Waals surface area contributed by atoms with Crippen molar-refractivity contribution in [1.29, 1.82) is 0 Å². The van der Waals surface area contributed by atoms with Gasteiger partial charge in [0.15, 0.2) is 0 Å². The first-order chi connectivity index (χ1) is 9.45. The van der Waals surface area contributed by atoms with E-state index in [1.807, 2.05) is 24.3 Å². The highest BCUT2D eigenvalue weighted by atomic mass is 16.5. The predicted octanol–water partition coefficient (Wildman–Crippen LogP) is 0.847. The molecule has 3 N–H and O–H groups in total. The van der Waals surface area contributed by atoms with Crippen LogP contribution in [0.1, 0.15) is 25.3 Å². The lowest BCUT2D eigenvalue weighted by Crippen LogP contribution is -2.58. The molecule has 1 saturated carbocycles. The highest BCUT2D eigenvalue weighted by Gasteiger charge is 2.46. The maximum Gasteiger partial charge on any atom is 0.118 e. The summed E-state index contributed by atoms with van der Waals surface area (Å²) >= 11 is 0. The molecule has 0 amide bonds. The number of hydrogen-bond donors (Lipinski definition) is 3. The van der Waals surface area contributed by atoms with Gasteiger partial charge in [-0.1, -0.05) is 12.1 Å². The Balaban J connectivity index is 1.93. The van der Waals surface area contributed by atoms with Crippen LogP contribution in [-0.4, -0.2) is 46.3 Å². The van der Waals surface area contributed by atoms with Crippen molar-refractivity contribution in [2.24, 2.45) is 0 Å². The molecule has 1 aromatic rings. The highest BCUT2D eigenvalue weighted by Crippen LogP contribution is 2.31. The van der Waals surface area contributed by atoms with Gasteiger partial charge >= 0.3 is 0 Å². The number of hydrogen-bond acceptors (Lipinski definition) is 5. The second-order valence-corrected chi connectivity index (χ2v) is 5.46. The number of benzene rings is 1. The Morgan fingerprint density at radius 1 is 1.20 bits per heavy atom. The van der Waals surface area contributed by atoms with Crippen LogP contribution < -0.4 is 4.74 Å². The lowest BCUT2D eigenvalue weighted by atomic mass is 9.79. The first kappa shape index (κ1) is 15.3. The molecule has 5 nitrogen and oxygen atoms in total. The van der Waals surface area contributed by atoms with Crippen molar-refractivity contribution >= 4 is 0 Å². The Labute approximate surface area is 118 Å². The Morgan fingerprint density at radius 2 is 1.85 bits per heavy atom. The summed E-state index contributed by atoms with van der Waals surface area (Å²) < 4.78 is 10.8. The average Bonchev–Trinajstić information content (AvgIpc) is 2.45. The third-order valence-electron chi connectivity index (χ3n) is 3.97. The van der Waals surface area contributed by atoms with Crippen molar-refractivity contribution in [1.82, 2.24) is 0 Å². The van der Waals surface area contributed by atoms with Gasteiger partial charge < -0.3 is 24.8 Å². The van der Waals surface area contributed by atoms with Crippen molar-refractivity contribution in [3.8, 4) is 5.75 Å². The quantitative estimate of drug-likeness (QED) is 0.763. The molecule has 1 aliphatic rings. The molecule has 1 fully saturated rings. The van der Waals surface area contributed by atoms with Crippen LogP contribution >= 0.6 is 0 Å². The molecule has 112 valence electrons. The molecule has 1 aliphatic carbocycles. The lowest BCUT2D eigenvalue weighted by molar-refractivity contribution is -0.206. The minimum Gasteiger partial charge on any atom is -0.497 e. The molecule has 1 aromatic carbocycles. The van der Waals surface area contributed by atoms with E-state index in [4.69, 9.17) is 9.47 Å². The molecule has 5 heteroatoms. The average molecular weight is 282 g/mol. The van der Waals surface area contributed by atoms with Crippen LogP contribution in [0.25, 0.3) is 0 Å². The van der Waals surface area contributed by atoms with E-state index >= 15 is 0 Å². The van der Waals surface area contributed by atoms with Crippen LogP contribution in [-0.2, 0) is 11.3 Å². The van der Waals surface area contributed by atoms with Gasteiger partial charge in [-0.15, -0.1) is 0 Å². The molecule has 0 spiro atoms. The van der Waals surface area contributed by atoms with E-state index in [2.05, 4.69) is 0 Å². The van der Waals surface area contributed by atoms with Gasteiger partial charge in [-0.05, 0) is 37.5 Å². The van der Waals surface area contributed by atoms with Crippen LogP contribution in [0.4, 0.5) is 0 Å². The van der Waals surface area contributed by atoms with E-state index < -0.39 is 23.9 Å². The van der Waals surface area contributed by atoms with Gasteiger partial charge in [0.2, 0.25) is 0 Å². The summed E-state index contributed by atoms with van der Waals surface area (Å²) in [4.78, 5) is 0. The van der Waals surface area contributed by atoms with Crippen molar-refractivity contribution in [3.63, 3.8) is 0 Å².